The van der Waals surface area contributed by atoms with Gasteiger partial charge in [-0.25, -0.2) is 4.98 Å². The lowest BCUT2D eigenvalue weighted by molar-refractivity contribution is 0.358. The van der Waals surface area contributed by atoms with Gasteiger partial charge in [0.05, 0.1) is 11.6 Å². The fraction of sp³-hybridized carbons (Fsp3) is 0.714. The minimum atomic E-state index is 0.467. The van der Waals surface area contributed by atoms with Gasteiger partial charge in [-0.2, -0.15) is 16.9 Å². The number of hydrogen-bond acceptors (Lipinski definition) is 3. The number of nitrogens with zero attached hydrogens (tertiary/aromatic N) is 4. The molecule has 1 aliphatic carbocycles. The van der Waals surface area contributed by atoms with Crippen molar-refractivity contribution in [2.24, 2.45) is 7.05 Å². The lowest BCUT2D eigenvalue weighted by Gasteiger charge is -2.30. The monoisotopic (exact) mass is 312 g/mol. The molecule has 20 heavy (non-hydrogen) atoms. The summed E-state index contributed by atoms with van der Waals surface area (Å²) in [6, 6.07) is 0.509. The second-order valence-corrected chi connectivity index (χ2v) is 7.00. The number of alkyl halides is 1. The lowest BCUT2D eigenvalue weighted by atomic mass is 9.94. The van der Waals surface area contributed by atoms with Crippen LogP contribution in [0.1, 0.15) is 43.2 Å². The Kier molecular flexibility index (Phi) is 4.00. The van der Waals surface area contributed by atoms with Gasteiger partial charge in [0.15, 0.2) is 5.65 Å². The fourth-order valence-electron chi connectivity index (χ4n) is 3.39. The molecular weight excluding hydrogens is 292 g/mol. The Bertz CT molecular complexity index is 618. The zero-order valence-electron chi connectivity index (χ0n) is 12.3. The van der Waals surface area contributed by atoms with Gasteiger partial charge < -0.3 is 4.57 Å². The average Bonchev–Trinajstić information content (AvgIpc) is 2.98. The van der Waals surface area contributed by atoms with Crippen molar-refractivity contribution in [3.8, 4) is 0 Å². The molecule has 1 saturated carbocycles. The number of aromatic nitrogens is 4. The molecule has 3 rings (SSSR count). The molecule has 2 aromatic heterocycles. The van der Waals surface area contributed by atoms with Gasteiger partial charge in [0.2, 0.25) is 0 Å². The van der Waals surface area contributed by atoms with E-state index in [2.05, 4.69) is 15.9 Å². The van der Waals surface area contributed by atoms with E-state index in [0.717, 1.165) is 27.9 Å². The summed E-state index contributed by atoms with van der Waals surface area (Å²) in [5, 5.41) is 5.26. The van der Waals surface area contributed by atoms with E-state index in [1.165, 1.54) is 25.7 Å². The van der Waals surface area contributed by atoms with E-state index in [0.29, 0.717) is 11.9 Å². The molecule has 2 unspecified atom stereocenters. The summed E-state index contributed by atoms with van der Waals surface area (Å²) in [6.07, 6.45) is 7.26. The number of rotatable bonds is 3. The maximum absolute atomic E-state index is 6.14. The molecule has 0 aromatic carbocycles. The Morgan fingerprint density at radius 3 is 2.90 bits per heavy atom. The maximum atomic E-state index is 6.14. The SMILES string of the molecule is CSC1CCCC(n2c(CCl)nc3c(C)nn(C)c32)C1. The number of imidazole rings is 1. The van der Waals surface area contributed by atoms with Gasteiger partial charge in [-0.3, -0.25) is 4.68 Å². The average molecular weight is 313 g/mol. The quantitative estimate of drug-likeness (QED) is 0.811. The standard InChI is InChI=1S/C14H21ClN4S/c1-9-13-14(18(2)17-9)19(12(8-15)16-13)10-5-4-6-11(7-10)20-3/h10-11H,4-8H2,1-3H3. The Labute approximate surface area is 128 Å². The van der Waals surface area contributed by atoms with Crippen molar-refractivity contribution in [2.75, 3.05) is 6.26 Å². The first-order valence-corrected chi connectivity index (χ1v) is 8.97. The molecule has 0 bridgehead atoms. The van der Waals surface area contributed by atoms with Crippen LogP contribution in [-0.2, 0) is 12.9 Å². The van der Waals surface area contributed by atoms with E-state index < -0.39 is 0 Å². The van der Waals surface area contributed by atoms with Crippen LogP contribution in [0.15, 0.2) is 0 Å². The third-order valence-corrected chi connectivity index (χ3v) is 5.66. The molecule has 2 heterocycles. The molecule has 1 aliphatic rings. The molecule has 0 spiro atoms. The van der Waals surface area contributed by atoms with Crippen LogP contribution >= 0.6 is 23.4 Å². The zero-order chi connectivity index (χ0) is 14.3. The van der Waals surface area contributed by atoms with Crippen LogP contribution in [0.2, 0.25) is 0 Å². The van der Waals surface area contributed by atoms with E-state index in [9.17, 15) is 0 Å². The van der Waals surface area contributed by atoms with Gasteiger partial charge in [-0.1, -0.05) is 6.42 Å². The first-order chi connectivity index (χ1) is 9.65. The van der Waals surface area contributed by atoms with Crippen LogP contribution in [0.3, 0.4) is 0 Å². The molecule has 4 nitrogen and oxygen atoms in total. The highest BCUT2D eigenvalue weighted by Gasteiger charge is 2.27. The van der Waals surface area contributed by atoms with E-state index in [1.54, 1.807) is 0 Å². The molecule has 1 fully saturated rings. The van der Waals surface area contributed by atoms with Gasteiger partial charge >= 0.3 is 0 Å². The number of thioether (sulfide) groups is 1. The molecule has 0 N–H and O–H groups in total. The van der Waals surface area contributed by atoms with Crippen LogP contribution in [0.4, 0.5) is 0 Å². The van der Waals surface area contributed by atoms with Crippen LogP contribution in [0.25, 0.3) is 11.2 Å². The fourth-order valence-corrected chi connectivity index (χ4v) is 4.39. The molecular formula is C14H21ClN4S. The van der Waals surface area contributed by atoms with Crippen LogP contribution in [0.5, 0.6) is 0 Å². The van der Waals surface area contributed by atoms with Crippen LogP contribution in [0, 0.1) is 6.92 Å². The summed E-state index contributed by atoms with van der Waals surface area (Å²) in [5.74, 6) is 1.46. The van der Waals surface area contributed by atoms with Crippen molar-refractivity contribution in [3.05, 3.63) is 11.5 Å². The summed E-state index contributed by atoms with van der Waals surface area (Å²) in [5.41, 5.74) is 3.13. The molecule has 2 aromatic rings. The third kappa shape index (κ3) is 2.25. The van der Waals surface area contributed by atoms with Crippen molar-refractivity contribution in [3.63, 3.8) is 0 Å². The number of fused-ring (bicyclic) bond motifs is 1. The highest BCUT2D eigenvalue weighted by atomic mass is 35.5. The zero-order valence-corrected chi connectivity index (χ0v) is 13.8. The summed E-state index contributed by atoms with van der Waals surface area (Å²) in [4.78, 5) is 4.72. The Morgan fingerprint density at radius 2 is 2.20 bits per heavy atom. The van der Waals surface area contributed by atoms with E-state index >= 15 is 0 Å². The minimum absolute atomic E-state index is 0.467. The Balaban J connectivity index is 2.09. The third-order valence-electron chi connectivity index (χ3n) is 4.32. The van der Waals surface area contributed by atoms with E-state index in [4.69, 9.17) is 16.6 Å². The molecule has 6 heteroatoms. The smallest absolute Gasteiger partial charge is 0.158 e. The van der Waals surface area contributed by atoms with E-state index in [-0.39, 0.29) is 0 Å². The van der Waals surface area contributed by atoms with Crippen molar-refractivity contribution < 1.29 is 0 Å². The molecule has 110 valence electrons. The topological polar surface area (TPSA) is 35.6 Å². The van der Waals surface area contributed by atoms with Crippen LogP contribution < -0.4 is 0 Å². The van der Waals surface area contributed by atoms with Crippen molar-refractivity contribution in [2.45, 2.75) is 49.8 Å². The molecule has 0 amide bonds. The van der Waals surface area contributed by atoms with E-state index in [1.807, 2.05) is 30.4 Å². The maximum Gasteiger partial charge on any atom is 0.158 e. The number of hydrogen-bond donors (Lipinski definition) is 0. The highest BCUT2D eigenvalue weighted by molar-refractivity contribution is 7.99. The second kappa shape index (κ2) is 5.60. The summed E-state index contributed by atoms with van der Waals surface area (Å²) >= 11 is 8.12. The van der Waals surface area contributed by atoms with Crippen molar-refractivity contribution >= 4 is 34.5 Å². The molecule has 0 saturated heterocycles. The van der Waals surface area contributed by atoms with Crippen molar-refractivity contribution in [1.29, 1.82) is 0 Å². The predicted octanol–water partition coefficient (Wildman–Crippen LogP) is 3.66. The van der Waals surface area contributed by atoms with Gasteiger partial charge in [-0.15, -0.1) is 11.6 Å². The molecule has 0 aliphatic heterocycles. The lowest BCUT2D eigenvalue weighted by Crippen LogP contribution is -2.22. The second-order valence-electron chi connectivity index (χ2n) is 5.59. The number of halogens is 1. The van der Waals surface area contributed by atoms with Gasteiger partial charge in [-0.05, 0) is 32.4 Å². The summed E-state index contributed by atoms with van der Waals surface area (Å²) in [6.45, 7) is 2.02. The van der Waals surface area contributed by atoms with Crippen LogP contribution in [-0.4, -0.2) is 30.8 Å². The van der Waals surface area contributed by atoms with Gasteiger partial charge in [0.25, 0.3) is 0 Å². The van der Waals surface area contributed by atoms with Crippen molar-refractivity contribution in [1.82, 2.24) is 19.3 Å². The first kappa shape index (κ1) is 14.3. The normalized spacial score (nSPS) is 23.6. The minimum Gasteiger partial charge on any atom is -0.309 e. The largest absolute Gasteiger partial charge is 0.309 e. The summed E-state index contributed by atoms with van der Waals surface area (Å²) in [7, 11) is 2.00. The van der Waals surface area contributed by atoms with Gasteiger partial charge in [0.1, 0.15) is 11.3 Å². The highest BCUT2D eigenvalue weighted by Crippen LogP contribution is 2.37. The predicted molar refractivity (Wildman–Crippen MR) is 85.6 cm³/mol. The first-order valence-electron chi connectivity index (χ1n) is 7.14. The molecule has 2 atom stereocenters. The number of aryl methyl sites for hydroxylation is 2. The Morgan fingerprint density at radius 1 is 1.40 bits per heavy atom. The Hall–Kier alpha value is -0.680. The summed E-state index contributed by atoms with van der Waals surface area (Å²) < 4.78 is 4.31. The van der Waals surface area contributed by atoms with Gasteiger partial charge in [0, 0.05) is 18.3 Å². The molecule has 0 radical (unpaired) electrons.